The molecular formula is C19H29NO3. The normalized spacial score (nSPS) is 17.7. The minimum Gasteiger partial charge on any atom is -0.490 e. The van der Waals surface area contributed by atoms with Crippen LogP contribution in [0.1, 0.15) is 58.4 Å². The third kappa shape index (κ3) is 4.47. The predicted octanol–water partition coefficient (Wildman–Crippen LogP) is 4.46. The number of rotatable bonds is 7. The predicted molar refractivity (Wildman–Crippen MR) is 93.0 cm³/mol. The standard InChI is InChI=1S/C19H29NO3/c1-5-19(4,22-6-2)18(21)20-15-11-12-17(14(3)13-15)23-16-9-7-8-10-16/h11-13,16H,5-10H2,1-4H3,(H,20,21). The van der Waals surface area contributed by atoms with Crippen LogP contribution >= 0.6 is 0 Å². The smallest absolute Gasteiger partial charge is 0.256 e. The molecule has 128 valence electrons. The molecule has 1 fully saturated rings. The summed E-state index contributed by atoms with van der Waals surface area (Å²) in [6, 6.07) is 5.81. The molecule has 1 aromatic rings. The van der Waals surface area contributed by atoms with Crippen molar-refractivity contribution in [2.45, 2.75) is 71.5 Å². The molecule has 23 heavy (non-hydrogen) atoms. The Hall–Kier alpha value is -1.55. The second-order valence-electron chi connectivity index (χ2n) is 6.48. The summed E-state index contributed by atoms with van der Waals surface area (Å²) in [5.74, 6) is 0.809. The SMILES string of the molecule is CCOC(C)(CC)C(=O)Nc1ccc(OC2CCCC2)c(C)c1. The van der Waals surface area contributed by atoms with Crippen LogP contribution in [0, 0.1) is 6.92 Å². The number of aryl methyl sites for hydroxylation is 1. The van der Waals surface area contributed by atoms with Crippen LogP contribution in [0.15, 0.2) is 18.2 Å². The average molecular weight is 319 g/mol. The molecule has 4 heteroatoms. The minimum absolute atomic E-state index is 0.106. The molecule has 4 nitrogen and oxygen atoms in total. The highest BCUT2D eigenvalue weighted by Gasteiger charge is 2.31. The third-order valence-corrected chi connectivity index (χ3v) is 4.65. The Kier molecular flexibility index (Phi) is 6.05. The largest absolute Gasteiger partial charge is 0.490 e. The fourth-order valence-corrected chi connectivity index (χ4v) is 2.96. The van der Waals surface area contributed by atoms with Gasteiger partial charge in [0.15, 0.2) is 0 Å². The summed E-state index contributed by atoms with van der Waals surface area (Å²) in [5, 5.41) is 2.96. The van der Waals surface area contributed by atoms with E-state index in [4.69, 9.17) is 9.47 Å². The van der Waals surface area contributed by atoms with Crippen molar-refractivity contribution in [3.8, 4) is 5.75 Å². The molecule has 0 spiro atoms. The highest BCUT2D eigenvalue weighted by Crippen LogP contribution is 2.28. The molecule has 0 aliphatic heterocycles. The van der Waals surface area contributed by atoms with Crippen LogP contribution in [0.2, 0.25) is 0 Å². The summed E-state index contributed by atoms with van der Waals surface area (Å²) in [7, 11) is 0. The van der Waals surface area contributed by atoms with Crippen LogP contribution in [0.5, 0.6) is 5.75 Å². The zero-order chi connectivity index (χ0) is 16.9. The van der Waals surface area contributed by atoms with Gasteiger partial charge in [-0.15, -0.1) is 0 Å². The van der Waals surface area contributed by atoms with Crippen LogP contribution in [-0.2, 0) is 9.53 Å². The minimum atomic E-state index is -0.790. The van der Waals surface area contributed by atoms with Gasteiger partial charge in [0, 0.05) is 12.3 Å². The van der Waals surface area contributed by atoms with Crippen LogP contribution in [-0.4, -0.2) is 24.2 Å². The topological polar surface area (TPSA) is 47.6 Å². The number of ether oxygens (including phenoxy) is 2. The number of carbonyl (C=O) groups is 1. The molecule has 1 atom stereocenters. The Balaban J connectivity index is 2.03. The second kappa shape index (κ2) is 7.82. The van der Waals surface area contributed by atoms with Crippen LogP contribution in [0.4, 0.5) is 5.69 Å². The van der Waals surface area contributed by atoms with Crippen molar-refractivity contribution in [3.05, 3.63) is 23.8 Å². The Morgan fingerprint density at radius 3 is 2.57 bits per heavy atom. The van der Waals surface area contributed by atoms with E-state index in [-0.39, 0.29) is 5.91 Å². The summed E-state index contributed by atoms with van der Waals surface area (Å²) in [6.45, 7) is 8.22. The molecule has 1 unspecified atom stereocenters. The number of amides is 1. The van der Waals surface area contributed by atoms with Gasteiger partial charge in [-0.05, 0) is 76.6 Å². The molecular weight excluding hydrogens is 290 g/mol. The van der Waals surface area contributed by atoms with E-state index in [1.54, 1.807) is 0 Å². The van der Waals surface area contributed by atoms with Crippen molar-refractivity contribution < 1.29 is 14.3 Å². The van der Waals surface area contributed by atoms with Gasteiger partial charge in [0.1, 0.15) is 11.4 Å². The first-order chi connectivity index (χ1) is 11.0. The van der Waals surface area contributed by atoms with Gasteiger partial charge < -0.3 is 14.8 Å². The van der Waals surface area contributed by atoms with E-state index in [2.05, 4.69) is 5.32 Å². The summed E-state index contributed by atoms with van der Waals surface area (Å²) in [5.41, 5.74) is 1.04. The van der Waals surface area contributed by atoms with E-state index in [0.717, 1.165) is 29.8 Å². The van der Waals surface area contributed by atoms with Crippen molar-refractivity contribution in [1.29, 1.82) is 0 Å². The maximum Gasteiger partial charge on any atom is 0.256 e. The molecule has 0 aromatic heterocycles. The summed E-state index contributed by atoms with van der Waals surface area (Å²) in [6.07, 6.45) is 5.77. The fraction of sp³-hybridized carbons (Fsp3) is 0.632. The lowest BCUT2D eigenvalue weighted by Gasteiger charge is -2.27. The number of hydrogen-bond acceptors (Lipinski definition) is 3. The Morgan fingerprint density at radius 2 is 2.00 bits per heavy atom. The highest BCUT2D eigenvalue weighted by molar-refractivity contribution is 5.97. The van der Waals surface area contributed by atoms with Crippen molar-refractivity contribution in [2.75, 3.05) is 11.9 Å². The first-order valence-corrected chi connectivity index (χ1v) is 8.71. The summed E-state index contributed by atoms with van der Waals surface area (Å²) < 4.78 is 11.7. The second-order valence-corrected chi connectivity index (χ2v) is 6.48. The molecule has 0 bridgehead atoms. The maximum atomic E-state index is 12.5. The fourth-order valence-electron chi connectivity index (χ4n) is 2.96. The summed E-state index contributed by atoms with van der Waals surface area (Å²) >= 11 is 0. The van der Waals surface area contributed by atoms with E-state index >= 15 is 0 Å². The van der Waals surface area contributed by atoms with E-state index in [9.17, 15) is 4.79 Å². The van der Waals surface area contributed by atoms with Gasteiger partial charge in [-0.25, -0.2) is 0 Å². The molecule has 0 radical (unpaired) electrons. The number of nitrogens with one attached hydrogen (secondary N) is 1. The van der Waals surface area contributed by atoms with Crippen molar-refractivity contribution in [1.82, 2.24) is 0 Å². The molecule has 0 heterocycles. The first-order valence-electron chi connectivity index (χ1n) is 8.71. The average Bonchev–Trinajstić information content (AvgIpc) is 3.03. The Labute approximate surface area is 139 Å². The van der Waals surface area contributed by atoms with E-state index in [1.165, 1.54) is 12.8 Å². The van der Waals surface area contributed by atoms with Crippen molar-refractivity contribution >= 4 is 11.6 Å². The van der Waals surface area contributed by atoms with Crippen molar-refractivity contribution in [3.63, 3.8) is 0 Å². The molecule has 1 amide bonds. The van der Waals surface area contributed by atoms with E-state index in [0.29, 0.717) is 19.1 Å². The molecule has 1 aromatic carbocycles. The van der Waals surface area contributed by atoms with Gasteiger partial charge in [0.2, 0.25) is 0 Å². The lowest BCUT2D eigenvalue weighted by atomic mass is 10.0. The Bertz CT molecular complexity index is 537. The van der Waals surface area contributed by atoms with Gasteiger partial charge in [-0.2, -0.15) is 0 Å². The molecule has 1 aliphatic rings. The Morgan fingerprint density at radius 1 is 1.30 bits per heavy atom. The van der Waals surface area contributed by atoms with Gasteiger partial charge in [-0.1, -0.05) is 6.92 Å². The number of hydrogen-bond donors (Lipinski definition) is 1. The zero-order valence-corrected chi connectivity index (χ0v) is 14.8. The maximum absolute atomic E-state index is 12.5. The molecule has 0 saturated heterocycles. The number of anilines is 1. The third-order valence-electron chi connectivity index (χ3n) is 4.65. The van der Waals surface area contributed by atoms with Gasteiger partial charge >= 0.3 is 0 Å². The highest BCUT2D eigenvalue weighted by atomic mass is 16.5. The van der Waals surface area contributed by atoms with Crippen molar-refractivity contribution in [2.24, 2.45) is 0 Å². The lowest BCUT2D eigenvalue weighted by molar-refractivity contribution is -0.139. The van der Waals surface area contributed by atoms with Crippen LogP contribution in [0.25, 0.3) is 0 Å². The van der Waals surface area contributed by atoms with Crippen LogP contribution < -0.4 is 10.1 Å². The van der Waals surface area contributed by atoms with E-state index < -0.39 is 5.60 Å². The van der Waals surface area contributed by atoms with Gasteiger partial charge in [0.05, 0.1) is 6.10 Å². The van der Waals surface area contributed by atoms with E-state index in [1.807, 2.05) is 45.9 Å². The van der Waals surface area contributed by atoms with Gasteiger partial charge in [-0.3, -0.25) is 4.79 Å². The first kappa shape index (κ1) is 17.8. The monoisotopic (exact) mass is 319 g/mol. The molecule has 2 rings (SSSR count). The van der Waals surface area contributed by atoms with Gasteiger partial charge in [0.25, 0.3) is 5.91 Å². The quantitative estimate of drug-likeness (QED) is 0.807. The molecule has 1 saturated carbocycles. The summed E-state index contributed by atoms with van der Waals surface area (Å²) in [4.78, 5) is 12.5. The zero-order valence-electron chi connectivity index (χ0n) is 14.8. The van der Waals surface area contributed by atoms with Crippen LogP contribution in [0.3, 0.4) is 0 Å². The molecule has 1 N–H and O–H groups in total. The number of benzene rings is 1. The lowest BCUT2D eigenvalue weighted by Crippen LogP contribution is -2.42. The number of carbonyl (C=O) groups excluding carboxylic acids is 1. The molecule has 1 aliphatic carbocycles.